The minimum Gasteiger partial charge on any atom is -0.389 e. The van der Waals surface area contributed by atoms with Crippen molar-refractivity contribution < 1.29 is 5.11 Å². The second kappa shape index (κ2) is 5.02. The van der Waals surface area contributed by atoms with Crippen molar-refractivity contribution in [2.75, 3.05) is 11.9 Å². The Bertz CT molecular complexity index is 462. The van der Waals surface area contributed by atoms with E-state index < -0.39 is 6.10 Å². The van der Waals surface area contributed by atoms with Crippen molar-refractivity contribution >= 4 is 11.4 Å². The summed E-state index contributed by atoms with van der Waals surface area (Å²) in [5.41, 5.74) is 3.20. The molecule has 0 aromatic heterocycles. The van der Waals surface area contributed by atoms with Crippen LogP contribution in [0.5, 0.6) is 0 Å². The van der Waals surface area contributed by atoms with Crippen molar-refractivity contribution in [2.24, 2.45) is 0 Å². The number of rotatable bonds is 3. The van der Waals surface area contributed by atoms with E-state index in [1.54, 1.807) is 6.92 Å². The number of aliphatic hydroxyl groups is 1. The van der Waals surface area contributed by atoms with E-state index in [4.69, 9.17) is 0 Å². The van der Waals surface area contributed by atoms with E-state index in [9.17, 15) is 5.11 Å². The van der Waals surface area contributed by atoms with Gasteiger partial charge in [-0.05, 0) is 36.8 Å². The van der Waals surface area contributed by atoms with Gasteiger partial charge in [-0.3, -0.25) is 0 Å². The topological polar surface area (TPSA) is 23.5 Å². The lowest BCUT2D eigenvalue weighted by molar-refractivity contribution is 0.199. The molecule has 2 nitrogen and oxygen atoms in total. The van der Waals surface area contributed by atoms with E-state index in [1.165, 1.54) is 0 Å². The maximum absolute atomic E-state index is 9.46. The Kier molecular flexibility index (Phi) is 3.45. The summed E-state index contributed by atoms with van der Waals surface area (Å²) in [6, 6.07) is 18.2. The molecule has 1 N–H and O–H groups in total. The van der Waals surface area contributed by atoms with Crippen LogP contribution in [0.25, 0.3) is 0 Å². The van der Waals surface area contributed by atoms with Gasteiger partial charge >= 0.3 is 0 Å². The summed E-state index contributed by atoms with van der Waals surface area (Å²) in [5, 5.41) is 9.46. The molecule has 0 amide bonds. The van der Waals surface area contributed by atoms with Crippen molar-refractivity contribution in [1.82, 2.24) is 0 Å². The summed E-state index contributed by atoms with van der Waals surface area (Å²) in [6.07, 6.45) is -0.411. The predicted octanol–water partition coefficient (Wildman–Crippen LogP) is 3.51. The van der Waals surface area contributed by atoms with E-state index in [0.29, 0.717) is 0 Å². The number of para-hydroxylation sites is 1. The molecule has 17 heavy (non-hydrogen) atoms. The van der Waals surface area contributed by atoms with Crippen molar-refractivity contribution in [3.8, 4) is 0 Å². The fourth-order valence-electron chi connectivity index (χ4n) is 1.78. The van der Waals surface area contributed by atoms with Crippen molar-refractivity contribution in [3.05, 3.63) is 60.2 Å². The Morgan fingerprint density at radius 2 is 1.41 bits per heavy atom. The molecule has 0 radical (unpaired) electrons. The number of hydrogen-bond donors (Lipinski definition) is 1. The van der Waals surface area contributed by atoms with Crippen LogP contribution in [0.1, 0.15) is 18.6 Å². The van der Waals surface area contributed by atoms with E-state index in [-0.39, 0.29) is 0 Å². The fourth-order valence-corrected chi connectivity index (χ4v) is 1.78. The SMILES string of the molecule is CC(O)c1ccc(N(C)c2ccccc2)cc1. The van der Waals surface area contributed by atoms with Crippen LogP contribution in [0, 0.1) is 0 Å². The second-order valence-electron chi connectivity index (χ2n) is 4.16. The third-order valence-corrected chi connectivity index (χ3v) is 2.91. The quantitative estimate of drug-likeness (QED) is 0.867. The molecule has 0 fully saturated rings. The predicted molar refractivity (Wildman–Crippen MR) is 71.6 cm³/mol. The van der Waals surface area contributed by atoms with Gasteiger partial charge in [-0.2, -0.15) is 0 Å². The first kappa shape index (κ1) is 11.7. The van der Waals surface area contributed by atoms with Gasteiger partial charge in [0.25, 0.3) is 0 Å². The van der Waals surface area contributed by atoms with Crippen LogP contribution in [-0.2, 0) is 0 Å². The number of nitrogens with zero attached hydrogens (tertiary/aromatic N) is 1. The molecule has 1 unspecified atom stereocenters. The Morgan fingerprint density at radius 1 is 0.882 bits per heavy atom. The van der Waals surface area contributed by atoms with Gasteiger partial charge < -0.3 is 10.0 Å². The molecule has 2 aromatic rings. The Labute approximate surface area is 102 Å². The summed E-state index contributed by atoms with van der Waals surface area (Å²) in [5.74, 6) is 0. The maximum Gasteiger partial charge on any atom is 0.0761 e. The average molecular weight is 227 g/mol. The molecule has 2 heteroatoms. The summed E-state index contributed by atoms with van der Waals surface area (Å²) in [4.78, 5) is 2.12. The Morgan fingerprint density at radius 3 is 1.94 bits per heavy atom. The highest BCUT2D eigenvalue weighted by Crippen LogP contribution is 2.24. The third-order valence-electron chi connectivity index (χ3n) is 2.91. The standard InChI is InChI=1S/C15H17NO/c1-12(17)13-8-10-15(11-9-13)16(2)14-6-4-3-5-7-14/h3-12,17H,1-2H3. The smallest absolute Gasteiger partial charge is 0.0761 e. The zero-order valence-corrected chi connectivity index (χ0v) is 10.2. The highest BCUT2D eigenvalue weighted by atomic mass is 16.3. The van der Waals surface area contributed by atoms with Gasteiger partial charge in [-0.15, -0.1) is 0 Å². The normalized spacial score (nSPS) is 12.2. The molecule has 2 rings (SSSR count). The maximum atomic E-state index is 9.46. The number of hydrogen-bond acceptors (Lipinski definition) is 2. The van der Waals surface area contributed by atoms with E-state index in [0.717, 1.165) is 16.9 Å². The zero-order valence-electron chi connectivity index (χ0n) is 10.2. The third kappa shape index (κ3) is 2.66. The molecule has 0 aliphatic heterocycles. The van der Waals surface area contributed by atoms with Crippen molar-refractivity contribution in [2.45, 2.75) is 13.0 Å². The van der Waals surface area contributed by atoms with E-state index in [2.05, 4.69) is 17.0 Å². The Hall–Kier alpha value is -1.80. The first-order valence-electron chi connectivity index (χ1n) is 5.75. The van der Waals surface area contributed by atoms with Gasteiger partial charge in [-0.25, -0.2) is 0 Å². The van der Waals surface area contributed by atoms with Gasteiger partial charge in [0.05, 0.1) is 6.10 Å². The lowest BCUT2D eigenvalue weighted by atomic mass is 10.1. The largest absolute Gasteiger partial charge is 0.389 e. The molecular weight excluding hydrogens is 210 g/mol. The molecule has 0 saturated carbocycles. The molecule has 0 bridgehead atoms. The van der Waals surface area contributed by atoms with Crippen molar-refractivity contribution in [3.63, 3.8) is 0 Å². The van der Waals surface area contributed by atoms with E-state index >= 15 is 0 Å². The van der Waals surface area contributed by atoms with Crippen LogP contribution in [0.4, 0.5) is 11.4 Å². The van der Waals surface area contributed by atoms with Crippen LogP contribution >= 0.6 is 0 Å². The summed E-state index contributed by atoms with van der Waals surface area (Å²) in [7, 11) is 2.03. The minimum atomic E-state index is -0.411. The van der Waals surface area contributed by atoms with Crippen LogP contribution in [-0.4, -0.2) is 12.2 Å². The molecule has 0 aliphatic carbocycles. The summed E-state index contributed by atoms with van der Waals surface area (Å²) < 4.78 is 0. The summed E-state index contributed by atoms with van der Waals surface area (Å²) >= 11 is 0. The van der Waals surface area contributed by atoms with Gasteiger partial charge in [0, 0.05) is 18.4 Å². The van der Waals surface area contributed by atoms with Gasteiger partial charge in [0.2, 0.25) is 0 Å². The van der Waals surface area contributed by atoms with Crippen LogP contribution in [0.2, 0.25) is 0 Å². The fraction of sp³-hybridized carbons (Fsp3) is 0.200. The monoisotopic (exact) mass is 227 g/mol. The van der Waals surface area contributed by atoms with Crippen molar-refractivity contribution in [1.29, 1.82) is 0 Å². The molecule has 88 valence electrons. The molecule has 0 heterocycles. The number of anilines is 2. The average Bonchev–Trinajstić information content (AvgIpc) is 2.39. The van der Waals surface area contributed by atoms with E-state index in [1.807, 2.05) is 49.5 Å². The highest BCUT2D eigenvalue weighted by Gasteiger charge is 2.04. The first-order chi connectivity index (χ1) is 8.18. The number of aliphatic hydroxyl groups excluding tert-OH is 1. The van der Waals surface area contributed by atoms with Crippen LogP contribution < -0.4 is 4.90 Å². The van der Waals surface area contributed by atoms with Gasteiger partial charge in [-0.1, -0.05) is 30.3 Å². The van der Waals surface area contributed by atoms with Gasteiger partial charge in [0.15, 0.2) is 0 Å². The second-order valence-corrected chi connectivity index (χ2v) is 4.16. The zero-order chi connectivity index (χ0) is 12.3. The van der Waals surface area contributed by atoms with Gasteiger partial charge in [0.1, 0.15) is 0 Å². The lowest BCUT2D eigenvalue weighted by Crippen LogP contribution is -2.09. The molecule has 0 spiro atoms. The van der Waals surface area contributed by atoms with Crippen LogP contribution in [0.15, 0.2) is 54.6 Å². The molecule has 0 aliphatic rings. The molecule has 1 atom stereocenters. The number of benzene rings is 2. The molecule has 0 saturated heterocycles. The minimum absolute atomic E-state index is 0.411. The highest BCUT2D eigenvalue weighted by molar-refractivity contribution is 5.62. The van der Waals surface area contributed by atoms with Crippen LogP contribution in [0.3, 0.4) is 0 Å². The first-order valence-corrected chi connectivity index (χ1v) is 5.75. The molecule has 2 aromatic carbocycles. The molecular formula is C15H17NO. The summed E-state index contributed by atoms with van der Waals surface area (Å²) in [6.45, 7) is 1.77. The lowest BCUT2D eigenvalue weighted by Gasteiger charge is -2.20. The Balaban J connectivity index is 2.23.